The minimum Gasteiger partial charge on any atom is -0.497 e. The first-order valence-corrected chi connectivity index (χ1v) is 8.03. The van der Waals surface area contributed by atoms with Crippen molar-refractivity contribution in [3.05, 3.63) is 75.9 Å². The Morgan fingerprint density at radius 2 is 2.04 bits per heavy atom. The van der Waals surface area contributed by atoms with E-state index in [1.807, 2.05) is 24.3 Å². The Morgan fingerprint density at radius 1 is 1.21 bits per heavy atom. The summed E-state index contributed by atoms with van der Waals surface area (Å²) in [6.45, 7) is 0. The Balaban J connectivity index is 1.81. The van der Waals surface area contributed by atoms with Crippen molar-refractivity contribution in [3.8, 4) is 5.75 Å². The number of fused-ring (bicyclic) bond motifs is 3. The molecule has 0 radical (unpaired) electrons. The molecule has 5 nitrogen and oxygen atoms in total. The number of nitro groups is 1. The number of rotatable bonds is 3. The van der Waals surface area contributed by atoms with E-state index in [0.717, 1.165) is 23.4 Å². The number of nitrogens with zero attached hydrogens (tertiary/aromatic N) is 1. The van der Waals surface area contributed by atoms with Crippen molar-refractivity contribution in [1.29, 1.82) is 0 Å². The zero-order chi connectivity index (χ0) is 16.7. The lowest BCUT2D eigenvalue weighted by Gasteiger charge is -2.37. The summed E-state index contributed by atoms with van der Waals surface area (Å²) in [7, 11) is 1.66. The standard InChI is InChI=1S/C19H18N2O3/c1-24-12-9-10-17-16(11-12)13-6-4-7-14(13)19(20-17)15-5-2-3-8-18(15)21(22)23/h2-6,8-11,13-14,19-20H,7H2,1H3/t13-,14+,19+/m1/s1. The molecule has 3 atom stereocenters. The van der Waals surface area contributed by atoms with Gasteiger partial charge in [-0.15, -0.1) is 0 Å². The lowest BCUT2D eigenvalue weighted by atomic mass is 9.76. The minimum absolute atomic E-state index is 0.0764. The predicted octanol–water partition coefficient (Wildman–Crippen LogP) is 4.43. The first-order chi connectivity index (χ1) is 11.7. The molecule has 2 aliphatic rings. The van der Waals surface area contributed by atoms with Crippen LogP contribution in [-0.2, 0) is 0 Å². The molecule has 24 heavy (non-hydrogen) atoms. The van der Waals surface area contributed by atoms with Gasteiger partial charge in [-0.05, 0) is 36.1 Å². The Hall–Kier alpha value is -2.82. The summed E-state index contributed by atoms with van der Waals surface area (Å²) in [5.41, 5.74) is 3.15. The maximum absolute atomic E-state index is 11.4. The average molecular weight is 322 g/mol. The van der Waals surface area contributed by atoms with E-state index < -0.39 is 0 Å². The highest BCUT2D eigenvalue weighted by molar-refractivity contribution is 5.63. The molecule has 0 aromatic heterocycles. The van der Waals surface area contributed by atoms with Crippen LogP contribution in [0.15, 0.2) is 54.6 Å². The average Bonchev–Trinajstić information content (AvgIpc) is 3.10. The number of methoxy groups -OCH3 is 1. The first kappa shape index (κ1) is 14.8. The molecule has 0 saturated carbocycles. The van der Waals surface area contributed by atoms with Crippen LogP contribution in [0.3, 0.4) is 0 Å². The van der Waals surface area contributed by atoms with Crippen LogP contribution in [-0.4, -0.2) is 12.0 Å². The number of para-hydroxylation sites is 1. The number of anilines is 1. The summed E-state index contributed by atoms with van der Waals surface area (Å²) in [5, 5.41) is 15.0. The Morgan fingerprint density at radius 3 is 2.83 bits per heavy atom. The second-order valence-electron chi connectivity index (χ2n) is 6.24. The van der Waals surface area contributed by atoms with Gasteiger partial charge in [-0.25, -0.2) is 0 Å². The van der Waals surface area contributed by atoms with Gasteiger partial charge in [-0.1, -0.05) is 30.4 Å². The number of hydrogen-bond donors (Lipinski definition) is 1. The Bertz CT molecular complexity index is 831. The van der Waals surface area contributed by atoms with Crippen molar-refractivity contribution in [2.45, 2.75) is 18.4 Å². The van der Waals surface area contributed by atoms with Crippen molar-refractivity contribution < 1.29 is 9.66 Å². The monoisotopic (exact) mass is 322 g/mol. The van der Waals surface area contributed by atoms with Gasteiger partial charge in [-0.2, -0.15) is 0 Å². The molecule has 0 amide bonds. The van der Waals surface area contributed by atoms with E-state index in [4.69, 9.17) is 4.74 Å². The molecule has 1 aliphatic carbocycles. The molecular weight excluding hydrogens is 304 g/mol. The largest absolute Gasteiger partial charge is 0.497 e. The third-order valence-corrected chi connectivity index (χ3v) is 5.04. The van der Waals surface area contributed by atoms with Crippen LogP contribution in [0.4, 0.5) is 11.4 Å². The molecule has 122 valence electrons. The minimum atomic E-state index is -0.294. The molecule has 1 heterocycles. The fraction of sp³-hybridized carbons (Fsp3) is 0.263. The lowest BCUT2D eigenvalue weighted by molar-refractivity contribution is -0.385. The van der Waals surface area contributed by atoms with Crippen molar-refractivity contribution in [2.75, 3.05) is 12.4 Å². The highest BCUT2D eigenvalue weighted by Crippen LogP contribution is 2.51. The quantitative estimate of drug-likeness (QED) is 0.516. The number of nitrogens with one attached hydrogen (secondary N) is 1. The zero-order valence-corrected chi connectivity index (χ0v) is 13.3. The van der Waals surface area contributed by atoms with Crippen molar-refractivity contribution >= 4 is 11.4 Å². The summed E-state index contributed by atoms with van der Waals surface area (Å²) in [4.78, 5) is 11.1. The third-order valence-electron chi connectivity index (χ3n) is 5.04. The van der Waals surface area contributed by atoms with Crippen molar-refractivity contribution in [3.63, 3.8) is 0 Å². The first-order valence-electron chi connectivity index (χ1n) is 8.03. The van der Waals surface area contributed by atoms with Crippen molar-refractivity contribution in [1.82, 2.24) is 0 Å². The van der Waals surface area contributed by atoms with Crippen LogP contribution in [0.2, 0.25) is 0 Å². The van der Waals surface area contributed by atoms with E-state index in [-0.39, 0.29) is 28.5 Å². The molecule has 0 saturated heterocycles. The molecule has 0 bridgehead atoms. The number of allylic oxidation sites excluding steroid dienone is 2. The van der Waals surface area contributed by atoms with Gasteiger partial charge in [0.2, 0.25) is 0 Å². The number of hydrogen-bond acceptors (Lipinski definition) is 4. The SMILES string of the molecule is COc1ccc2c(c1)[C@@H]1C=CC[C@@H]1[C@@H](c1ccccc1[N+](=O)[O-])N2. The molecule has 0 spiro atoms. The maximum Gasteiger partial charge on any atom is 0.274 e. The Labute approximate surface area is 140 Å². The molecule has 1 aliphatic heterocycles. The van der Waals surface area contributed by atoms with E-state index >= 15 is 0 Å². The Kier molecular flexibility index (Phi) is 3.49. The van der Waals surface area contributed by atoms with Gasteiger partial charge in [0, 0.05) is 17.7 Å². The summed E-state index contributed by atoms with van der Waals surface area (Å²) in [6, 6.07) is 12.9. The summed E-state index contributed by atoms with van der Waals surface area (Å²) in [5.74, 6) is 1.35. The third kappa shape index (κ3) is 2.24. The smallest absolute Gasteiger partial charge is 0.274 e. The number of nitro benzene ring substituents is 1. The number of ether oxygens (including phenoxy) is 1. The highest BCUT2D eigenvalue weighted by Gasteiger charge is 2.40. The molecule has 0 fully saturated rings. The summed E-state index contributed by atoms with van der Waals surface area (Å²) >= 11 is 0. The van der Waals surface area contributed by atoms with E-state index in [9.17, 15) is 10.1 Å². The fourth-order valence-corrected chi connectivity index (χ4v) is 3.92. The number of benzene rings is 2. The van der Waals surface area contributed by atoms with Gasteiger partial charge in [0.15, 0.2) is 0 Å². The molecule has 2 aromatic rings. The van der Waals surface area contributed by atoms with Gasteiger partial charge in [0.1, 0.15) is 5.75 Å². The maximum atomic E-state index is 11.4. The second-order valence-corrected chi connectivity index (χ2v) is 6.24. The fourth-order valence-electron chi connectivity index (χ4n) is 3.92. The predicted molar refractivity (Wildman–Crippen MR) is 92.4 cm³/mol. The van der Waals surface area contributed by atoms with Crippen LogP contribution in [0.5, 0.6) is 5.75 Å². The molecule has 2 aromatic carbocycles. The van der Waals surface area contributed by atoms with E-state index in [1.54, 1.807) is 19.2 Å². The van der Waals surface area contributed by atoms with Crippen LogP contribution in [0.25, 0.3) is 0 Å². The lowest BCUT2D eigenvalue weighted by Crippen LogP contribution is -2.29. The highest BCUT2D eigenvalue weighted by atomic mass is 16.6. The molecule has 4 rings (SSSR count). The van der Waals surface area contributed by atoms with Gasteiger partial charge >= 0.3 is 0 Å². The molecule has 5 heteroatoms. The van der Waals surface area contributed by atoms with Crippen molar-refractivity contribution in [2.24, 2.45) is 5.92 Å². The van der Waals surface area contributed by atoms with Gasteiger partial charge < -0.3 is 10.1 Å². The van der Waals surface area contributed by atoms with E-state index in [1.165, 1.54) is 5.56 Å². The summed E-state index contributed by atoms with van der Waals surface area (Å²) in [6.07, 6.45) is 5.30. The molecule has 0 unspecified atom stereocenters. The van der Waals surface area contributed by atoms with Gasteiger partial charge in [0.05, 0.1) is 23.6 Å². The van der Waals surface area contributed by atoms with Crippen LogP contribution < -0.4 is 10.1 Å². The van der Waals surface area contributed by atoms with Crippen LogP contribution in [0.1, 0.15) is 29.5 Å². The zero-order valence-electron chi connectivity index (χ0n) is 13.3. The van der Waals surface area contributed by atoms with Gasteiger partial charge in [0.25, 0.3) is 5.69 Å². The van der Waals surface area contributed by atoms with E-state index in [0.29, 0.717) is 0 Å². The normalized spacial score (nSPS) is 24.0. The second kappa shape index (κ2) is 5.67. The van der Waals surface area contributed by atoms with Crippen LogP contribution >= 0.6 is 0 Å². The molecular formula is C19H18N2O3. The van der Waals surface area contributed by atoms with E-state index in [2.05, 4.69) is 23.5 Å². The molecule has 1 N–H and O–H groups in total. The topological polar surface area (TPSA) is 64.4 Å². The van der Waals surface area contributed by atoms with Gasteiger partial charge in [-0.3, -0.25) is 10.1 Å². The van der Waals surface area contributed by atoms with Crippen LogP contribution in [0, 0.1) is 16.0 Å². The summed E-state index contributed by atoms with van der Waals surface area (Å²) < 4.78 is 5.35.